The average Bonchev–Trinajstić information content (AvgIpc) is 2.94. The number of hydrogen-bond acceptors (Lipinski definition) is 2. The van der Waals surface area contributed by atoms with Crippen molar-refractivity contribution in [3.05, 3.63) is 77.0 Å². The van der Waals surface area contributed by atoms with Gasteiger partial charge >= 0.3 is 0 Å². The minimum Gasteiger partial charge on any atom is -0.236 e. The third-order valence-corrected chi connectivity index (χ3v) is 4.43. The maximum absolute atomic E-state index is 4.71. The van der Waals surface area contributed by atoms with Gasteiger partial charge < -0.3 is 0 Å². The summed E-state index contributed by atoms with van der Waals surface area (Å²) >= 11 is 3.47. The van der Waals surface area contributed by atoms with Crippen molar-refractivity contribution in [3.63, 3.8) is 0 Å². The third kappa shape index (κ3) is 2.45. The van der Waals surface area contributed by atoms with Crippen LogP contribution < -0.4 is 0 Å². The topological polar surface area (TPSA) is 30.7 Å². The molecule has 0 atom stereocenters. The molecule has 0 bridgehead atoms. The minimum absolute atomic E-state index is 0.881. The van der Waals surface area contributed by atoms with E-state index in [1.165, 1.54) is 5.56 Å². The number of hydrogen-bond donors (Lipinski definition) is 0. The fourth-order valence-corrected chi connectivity index (χ4v) is 3.10. The molecule has 23 heavy (non-hydrogen) atoms. The molecule has 0 saturated heterocycles. The van der Waals surface area contributed by atoms with Crippen LogP contribution in [0.3, 0.4) is 0 Å². The van der Waals surface area contributed by atoms with Crippen molar-refractivity contribution in [2.75, 3.05) is 0 Å². The van der Waals surface area contributed by atoms with Gasteiger partial charge in [0.2, 0.25) is 0 Å². The molecule has 0 amide bonds. The zero-order chi connectivity index (χ0) is 15.8. The van der Waals surface area contributed by atoms with Crippen LogP contribution in [0, 0.1) is 6.92 Å². The lowest BCUT2D eigenvalue weighted by molar-refractivity contribution is 0.877. The maximum Gasteiger partial charge on any atom is 0.163 e. The summed E-state index contributed by atoms with van der Waals surface area (Å²) in [6, 6.07) is 20.5. The van der Waals surface area contributed by atoms with Crippen molar-refractivity contribution < 1.29 is 0 Å². The molecule has 0 spiro atoms. The van der Waals surface area contributed by atoms with Crippen LogP contribution in [0.2, 0.25) is 0 Å². The highest BCUT2D eigenvalue weighted by molar-refractivity contribution is 9.10. The smallest absolute Gasteiger partial charge is 0.163 e. The molecule has 0 fully saturated rings. The first-order chi connectivity index (χ1) is 11.2. The van der Waals surface area contributed by atoms with E-state index in [4.69, 9.17) is 5.10 Å². The molecule has 112 valence electrons. The van der Waals surface area contributed by atoms with Crippen molar-refractivity contribution in [1.82, 2.24) is 14.8 Å². The Hall–Kier alpha value is -2.46. The Morgan fingerprint density at radius 1 is 0.913 bits per heavy atom. The summed E-state index contributed by atoms with van der Waals surface area (Å²) in [6.45, 7) is 2.03. The molecular weight excluding hydrogens is 350 g/mol. The van der Waals surface area contributed by atoms with Gasteiger partial charge in [0.1, 0.15) is 0 Å². The largest absolute Gasteiger partial charge is 0.236 e. The van der Waals surface area contributed by atoms with E-state index >= 15 is 0 Å². The number of fused-ring (bicyclic) bond motifs is 1. The highest BCUT2D eigenvalue weighted by atomic mass is 79.9. The third-order valence-electron chi connectivity index (χ3n) is 3.90. The van der Waals surface area contributed by atoms with Gasteiger partial charge in [0, 0.05) is 10.7 Å². The number of pyridine rings is 1. The lowest BCUT2D eigenvalue weighted by Gasteiger charge is -2.05. The SMILES string of the molecule is Cc1nn(-c2ccc(Br)cc2)c2nccc(-c3ccccc3)c12. The second kappa shape index (κ2) is 5.63. The zero-order valence-electron chi connectivity index (χ0n) is 12.6. The summed E-state index contributed by atoms with van der Waals surface area (Å²) in [4.78, 5) is 4.58. The monoisotopic (exact) mass is 363 g/mol. The molecule has 0 radical (unpaired) electrons. The fourth-order valence-electron chi connectivity index (χ4n) is 2.84. The molecule has 0 aliphatic heterocycles. The van der Waals surface area contributed by atoms with Crippen LogP contribution in [0.15, 0.2) is 71.3 Å². The van der Waals surface area contributed by atoms with Crippen LogP contribution in [-0.2, 0) is 0 Å². The Morgan fingerprint density at radius 3 is 2.39 bits per heavy atom. The summed E-state index contributed by atoms with van der Waals surface area (Å²) < 4.78 is 2.95. The molecule has 4 aromatic rings. The van der Waals surface area contributed by atoms with E-state index in [1.54, 1.807) is 0 Å². The van der Waals surface area contributed by atoms with Crippen LogP contribution in [0.25, 0.3) is 27.8 Å². The summed E-state index contributed by atoms with van der Waals surface area (Å²) in [6.07, 6.45) is 1.85. The van der Waals surface area contributed by atoms with E-state index in [2.05, 4.69) is 51.2 Å². The van der Waals surface area contributed by atoms with Crippen LogP contribution in [0.1, 0.15) is 5.69 Å². The summed E-state index contributed by atoms with van der Waals surface area (Å²) in [5.41, 5.74) is 5.21. The molecule has 0 aliphatic rings. The maximum atomic E-state index is 4.71. The van der Waals surface area contributed by atoms with E-state index in [0.717, 1.165) is 32.5 Å². The summed E-state index contributed by atoms with van der Waals surface area (Å²) in [5.74, 6) is 0. The van der Waals surface area contributed by atoms with Crippen molar-refractivity contribution in [2.45, 2.75) is 6.92 Å². The average molecular weight is 364 g/mol. The van der Waals surface area contributed by atoms with Gasteiger partial charge in [-0.25, -0.2) is 9.67 Å². The van der Waals surface area contributed by atoms with Gasteiger partial charge in [-0.1, -0.05) is 46.3 Å². The lowest BCUT2D eigenvalue weighted by Crippen LogP contribution is -1.97. The molecular formula is C19H14BrN3. The van der Waals surface area contributed by atoms with E-state index in [1.807, 2.05) is 48.1 Å². The van der Waals surface area contributed by atoms with Crippen molar-refractivity contribution in [1.29, 1.82) is 0 Å². The molecule has 4 heteroatoms. The highest BCUT2D eigenvalue weighted by Gasteiger charge is 2.14. The lowest BCUT2D eigenvalue weighted by atomic mass is 10.0. The second-order valence-electron chi connectivity index (χ2n) is 5.40. The number of benzene rings is 2. The molecule has 0 N–H and O–H groups in total. The van der Waals surface area contributed by atoms with E-state index < -0.39 is 0 Å². The Balaban J connectivity index is 1.98. The van der Waals surface area contributed by atoms with Crippen molar-refractivity contribution >= 4 is 27.0 Å². The number of rotatable bonds is 2. The quantitative estimate of drug-likeness (QED) is 0.492. The summed E-state index contributed by atoms with van der Waals surface area (Å²) in [7, 11) is 0. The Morgan fingerprint density at radius 2 is 1.65 bits per heavy atom. The fraction of sp³-hybridized carbons (Fsp3) is 0.0526. The van der Waals surface area contributed by atoms with Gasteiger partial charge in [-0.15, -0.1) is 0 Å². The van der Waals surface area contributed by atoms with E-state index in [0.29, 0.717) is 0 Å². The first-order valence-corrected chi connectivity index (χ1v) is 8.19. The first-order valence-electron chi connectivity index (χ1n) is 7.40. The standard InChI is InChI=1S/C19H14BrN3/c1-13-18-17(14-5-3-2-4-6-14)11-12-21-19(18)23(22-13)16-9-7-15(20)8-10-16/h2-12H,1H3. The number of nitrogens with zero attached hydrogens (tertiary/aromatic N) is 3. The van der Waals surface area contributed by atoms with E-state index in [9.17, 15) is 0 Å². The van der Waals surface area contributed by atoms with Gasteiger partial charge in [-0.05, 0) is 48.4 Å². The molecule has 0 saturated carbocycles. The highest BCUT2D eigenvalue weighted by Crippen LogP contribution is 2.30. The molecule has 0 unspecified atom stereocenters. The Bertz CT molecular complexity index is 973. The van der Waals surface area contributed by atoms with Crippen molar-refractivity contribution in [2.24, 2.45) is 0 Å². The number of halogens is 1. The second-order valence-corrected chi connectivity index (χ2v) is 6.31. The molecule has 3 nitrogen and oxygen atoms in total. The molecule has 0 aliphatic carbocycles. The van der Waals surface area contributed by atoms with Crippen molar-refractivity contribution in [3.8, 4) is 16.8 Å². The summed E-state index contributed by atoms with van der Waals surface area (Å²) in [5, 5.41) is 5.81. The predicted octanol–water partition coefficient (Wildman–Crippen LogP) is 5.16. The van der Waals surface area contributed by atoms with Crippen LogP contribution in [-0.4, -0.2) is 14.8 Å². The molecule has 4 rings (SSSR count). The van der Waals surface area contributed by atoms with Crippen LogP contribution in [0.5, 0.6) is 0 Å². The van der Waals surface area contributed by atoms with Crippen LogP contribution >= 0.6 is 15.9 Å². The first kappa shape index (κ1) is 14.2. The molecule has 2 aromatic heterocycles. The molecule has 2 heterocycles. The number of aryl methyl sites for hydroxylation is 1. The zero-order valence-corrected chi connectivity index (χ0v) is 14.2. The van der Waals surface area contributed by atoms with Gasteiger partial charge in [0.05, 0.1) is 16.8 Å². The van der Waals surface area contributed by atoms with Gasteiger partial charge in [-0.2, -0.15) is 5.10 Å². The Labute approximate surface area is 142 Å². The van der Waals surface area contributed by atoms with E-state index in [-0.39, 0.29) is 0 Å². The normalized spacial score (nSPS) is 11.0. The number of aromatic nitrogens is 3. The van der Waals surface area contributed by atoms with Gasteiger partial charge in [0.15, 0.2) is 5.65 Å². The van der Waals surface area contributed by atoms with Crippen LogP contribution in [0.4, 0.5) is 0 Å². The minimum atomic E-state index is 0.881. The Kier molecular flexibility index (Phi) is 3.46. The molecule has 2 aromatic carbocycles. The van der Waals surface area contributed by atoms with Gasteiger partial charge in [-0.3, -0.25) is 0 Å². The predicted molar refractivity (Wildman–Crippen MR) is 96.7 cm³/mol. The van der Waals surface area contributed by atoms with Gasteiger partial charge in [0.25, 0.3) is 0 Å².